The molecule has 4 nitrogen and oxygen atoms in total. The predicted molar refractivity (Wildman–Crippen MR) is 45.9 cm³/mol. The first-order valence-electron chi connectivity index (χ1n) is 4.66. The molecule has 0 aromatic rings. The van der Waals surface area contributed by atoms with Crippen molar-refractivity contribution in [1.82, 2.24) is 0 Å². The van der Waals surface area contributed by atoms with E-state index in [9.17, 15) is 9.90 Å². The highest BCUT2D eigenvalue weighted by Crippen LogP contribution is 2.26. The third-order valence-corrected chi connectivity index (χ3v) is 2.45. The van der Waals surface area contributed by atoms with Crippen molar-refractivity contribution in [3.8, 4) is 0 Å². The van der Waals surface area contributed by atoms with Crippen LogP contribution in [0.15, 0.2) is 0 Å². The second kappa shape index (κ2) is 4.58. The molecule has 1 rings (SSSR count). The van der Waals surface area contributed by atoms with Gasteiger partial charge in [-0.3, -0.25) is 4.79 Å². The van der Waals surface area contributed by atoms with Crippen molar-refractivity contribution in [1.29, 1.82) is 0 Å². The number of aliphatic hydroxyl groups excluding tert-OH is 2. The number of ether oxygens (including phenoxy) is 1. The van der Waals surface area contributed by atoms with Crippen molar-refractivity contribution in [2.75, 3.05) is 13.2 Å². The summed E-state index contributed by atoms with van der Waals surface area (Å²) >= 11 is 0. The molecule has 1 aliphatic heterocycles. The smallest absolute Gasteiger partial charge is 0.312 e. The quantitative estimate of drug-likeness (QED) is 0.606. The Balaban J connectivity index is 2.57. The Labute approximate surface area is 77.5 Å². The van der Waals surface area contributed by atoms with E-state index in [4.69, 9.17) is 9.84 Å². The fourth-order valence-electron chi connectivity index (χ4n) is 1.69. The number of carbonyl (C=O) groups is 1. The number of aliphatic hydroxyl groups is 2. The van der Waals surface area contributed by atoms with Crippen LogP contribution in [0.2, 0.25) is 0 Å². The molecule has 0 aromatic carbocycles. The van der Waals surface area contributed by atoms with Gasteiger partial charge in [-0.15, -0.1) is 0 Å². The SMILES string of the molecule is CCCC(O)[C@@H]1C(=O)OC[C@H]1CO. The third-order valence-electron chi connectivity index (χ3n) is 2.45. The van der Waals surface area contributed by atoms with Crippen LogP contribution in [0, 0.1) is 11.8 Å². The van der Waals surface area contributed by atoms with Gasteiger partial charge in [0.05, 0.1) is 25.2 Å². The molecule has 3 atom stereocenters. The Morgan fingerprint density at radius 3 is 2.92 bits per heavy atom. The van der Waals surface area contributed by atoms with Gasteiger partial charge < -0.3 is 14.9 Å². The van der Waals surface area contributed by atoms with Gasteiger partial charge in [-0.05, 0) is 6.42 Å². The maximum Gasteiger partial charge on any atom is 0.312 e. The fraction of sp³-hybridized carbons (Fsp3) is 0.889. The molecule has 0 bridgehead atoms. The Bertz CT molecular complexity index is 180. The summed E-state index contributed by atoms with van der Waals surface area (Å²) in [4.78, 5) is 11.2. The first kappa shape index (κ1) is 10.5. The topological polar surface area (TPSA) is 66.8 Å². The molecule has 0 aliphatic carbocycles. The van der Waals surface area contributed by atoms with Crippen LogP contribution in [0.25, 0.3) is 0 Å². The lowest BCUT2D eigenvalue weighted by atomic mass is 9.89. The standard InChI is InChI=1S/C9H16O4/c1-2-3-7(11)8-6(4-10)5-13-9(8)12/h6-8,10-11H,2-5H2,1H3/t6-,7?,8-/m1/s1. The maximum atomic E-state index is 11.2. The van der Waals surface area contributed by atoms with Crippen LogP contribution in [-0.4, -0.2) is 35.5 Å². The molecule has 1 saturated heterocycles. The largest absolute Gasteiger partial charge is 0.465 e. The number of rotatable bonds is 4. The van der Waals surface area contributed by atoms with Crippen LogP contribution >= 0.6 is 0 Å². The first-order valence-corrected chi connectivity index (χ1v) is 4.66. The summed E-state index contributed by atoms with van der Waals surface area (Å²) in [6.07, 6.45) is 0.733. The van der Waals surface area contributed by atoms with Crippen molar-refractivity contribution >= 4 is 5.97 Å². The van der Waals surface area contributed by atoms with Crippen LogP contribution in [0.3, 0.4) is 0 Å². The average Bonchev–Trinajstić information content (AvgIpc) is 2.47. The zero-order valence-electron chi connectivity index (χ0n) is 7.77. The van der Waals surface area contributed by atoms with E-state index in [1.807, 2.05) is 6.92 Å². The highest BCUT2D eigenvalue weighted by molar-refractivity contribution is 5.75. The Hall–Kier alpha value is -0.610. The van der Waals surface area contributed by atoms with Gasteiger partial charge >= 0.3 is 5.97 Å². The van der Waals surface area contributed by atoms with Crippen molar-refractivity contribution in [3.63, 3.8) is 0 Å². The van der Waals surface area contributed by atoms with E-state index in [0.717, 1.165) is 6.42 Å². The van der Waals surface area contributed by atoms with Gasteiger partial charge in [0.1, 0.15) is 0 Å². The van der Waals surface area contributed by atoms with Gasteiger partial charge in [0.25, 0.3) is 0 Å². The van der Waals surface area contributed by atoms with Crippen molar-refractivity contribution < 1.29 is 19.7 Å². The summed E-state index contributed by atoms with van der Waals surface area (Å²) < 4.78 is 4.78. The van der Waals surface area contributed by atoms with Crippen LogP contribution < -0.4 is 0 Å². The molecular weight excluding hydrogens is 172 g/mol. The van der Waals surface area contributed by atoms with Gasteiger partial charge in [-0.25, -0.2) is 0 Å². The minimum atomic E-state index is -0.669. The van der Waals surface area contributed by atoms with E-state index in [2.05, 4.69) is 0 Å². The number of esters is 1. The molecule has 0 spiro atoms. The number of cyclic esters (lactones) is 1. The lowest BCUT2D eigenvalue weighted by Crippen LogP contribution is -2.31. The molecule has 0 radical (unpaired) electrons. The normalized spacial score (nSPS) is 30.2. The summed E-state index contributed by atoms with van der Waals surface area (Å²) in [6, 6.07) is 0. The van der Waals surface area contributed by atoms with Gasteiger partial charge in [0, 0.05) is 5.92 Å². The lowest BCUT2D eigenvalue weighted by Gasteiger charge is -2.18. The third kappa shape index (κ3) is 2.19. The second-order valence-corrected chi connectivity index (χ2v) is 3.45. The van der Waals surface area contributed by atoms with Crippen LogP contribution in [-0.2, 0) is 9.53 Å². The van der Waals surface area contributed by atoms with Crippen LogP contribution in [0.4, 0.5) is 0 Å². The van der Waals surface area contributed by atoms with E-state index < -0.39 is 12.0 Å². The average molecular weight is 188 g/mol. The molecule has 0 amide bonds. The predicted octanol–water partition coefficient (Wildman–Crippen LogP) is -0.0711. The minimum Gasteiger partial charge on any atom is -0.465 e. The molecule has 1 heterocycles. The summed E-state index contributed by atoms with van der Waals surface area (Å²) in [6.45, 7) is 2.08. The fourth-order valence-corrected chi connectivity index (χ4v) is 1.69. The van der Waals surface area contributed by atoms with Gasteiger partial charge in [0.15, 0.2) is 0 Å². The Morgan fingerprint density at radius 1 is 1.69 bits per heavy atom. The molecule has 1 aliphatic rings. The Morgan fingerprint density at radius 2 is 2.38 bits per heavy atom. The van der Waals surface area contributed by atoms with Gasteiger partial charge in [-0.2, -0.15) is 0 Å². The van der Waals surface area contributed by atoms with Crippen molar-refractivity contribution in [2.45, 2.75) is 25.9 Å². The number of hydrogen-bond donors (Lipinski definition) is 2. The highest BCUT2D eigenvalue weighted by atomic mass is 16.5. The molecule has 76 valence electrons. The summed E-state index contributed by atoms with van der Waals surface area (Å²) in [5.74, 6) is -1.13. The number of carbonyl (C=O) groups excluding carboxylic acids is 1. The second-order valence-electron chi connectivity index (χ2n) is 3.45. The van der Waals surface area contributed by atoms with E-state index >= 15 is 0 Å². The highest BCUT2D eigenvalue weighted by Gasteiger charge is 2.40. The van der Waals surface area contributed by atoms with E-state index in [1.165, 1.54) is 0 Å². The van der Waals surface area contributed by atoms with Crippen molar-refractivity contribution in [3.05, 3.63) is 0 Å². The maximum absolute atomic E-state index is 11.2. The van der Waals surface area contributed by atoms with Crippen molar-refractivity contribution in [2.24, 2.45) is 11.8 Å². The summed E-state index contributed by atoms with van der Waals surface area (Å²) in [5, 5.41) is 18.5. The molecule has 0 aromatic heterocycles. The number of hydrogen-bond acceptors (Lipinski definition) is 4. The van der Waals surface area contributed by atoms with Gasteiger partial charge in [-0.1, -0.05) is 13.3 Å². The molecule has 1 unspecified atom stereocenters. The van der Waals surface area contributed by atoms with E-state index in [-0.39, 0.29) is 25.1 Å². The first-order chi connectivity index (χ1) is 6.20. The zero-order valence-corrected chi connectivity index (χ0v) is 7.77. The van der Waals surface area contributed by atoms with Crippen LogP contribution in [0.5, 0.6) is 0 Å². The molecule has 1 fully saturated rings. The summed E-state index contributed by atoms with van der Waals surface area (Å²) in [5.41, 5.74) is 0. The minimum absolute atomic E-state index is 0.100. The molecular formula is C9H16O4. The molecule has 13 heavy (non-hydrogen) atoms. The molecule has 2 N–H and O–H groups in total. The van der Waals surface area contributed by atoms with Gasteiger partial charge in [0.2, 0.25) is 0 Å². The summed E-state index contributed by atoms with van der Waals surface area (Å²) in [7, 11) is 0. The molecule has 0 saturated carbocycles. The monoisotopic (exact) mass is 188 g/mol. The Kier molecular flexibility index (Phi) is 3.69. The lowest BCUT2D eigenvalue weighted by molar-refractivity contribution is -0.144. The van der Waals surface area contributed by atoms with E-state index in [1.54, 1.807) is 0 Å². The molecule has 4 heteroatoms. The zero-order chi connectivity index (χ0) is 9.84. The van der Waals surface area contributed by atoms with E-state index in [0.29, 0.717) is 6.42 Å². The van der Waals surface area contributed by atoms with Crippen LogP contribution in [0.1, 0.15) is 19.8 Å².